The van der Waals surface area contributed by atoms with Crippen LogP contribution in [-0.4, -0.2) is 18.5 Å². The van der Waals surface area contributed by atoms with Gasteiger partial charge in [0.25, 0.3) is 0 Å². The Kier molecular flexibility index (Phi) is 5.70. The number of nitrogens with one attached hydrogen (secondary N) is 2. The lowest BCUT2D eigenvalue weighted by atomic mass is 10.0. The zero-order chi connectivity index (χ0) is 12.7. The van der Waals surface area contributed by atoms with Crippen molar-refractivity contribution in [3.05, 3.63) is 35.9 Å². The van der Waals surface area contributed by atoms with Gasteiger partial charge in [-0.05, 0) is 25.8 Å². The second kappa shape index (κ2) is 7.07. The molecule has 0 heterocycles. The van der Waals surface area contributed by atoms with E-state index in [0.717, 1.165) is 6.42 Å². The van der Waals surface area contributed by atoms with Gasteiger partial charge in [0, 0.05) is 12.6 Å². The second-order valence-corrected chi connectivity index (χ2v) is 4.15. The van der Waals surface area contributed by atoms with Gasteiger partial charge in [-0.1, -0.05) is 37.3 Å². The Hall–Kier alpha value is -1.35. The Morgan fingerprint density at radius 1 is 1.24 bits per heavy atom. The van der Waals surface area contributed by atoms with Crippen molar-refractivity contribution < 1.29 is 4.79 Å². The fourth-order valence-electron chi connectivity index (χ4n) is 1.84. The third kappa shape index (κ3) is 4.19. The van der Waals surface area contributed by atoms with E-state index < -0.39 is 0 Å². The van der Waals surface area contributed by atoms with Gasteiger partial charge in [0.15, 0.2) is 0 Å². The van der Waals surface area contributed by atoms with Crippen LogP contribution in [0, 0.1) is 0 Å². The van der Waals surface area contributed by atoms with Crippen molar-refractivity contribution in [1.29, 1.82) is 0 Å². The Morgan fingerprint density at radius 2 is 1.88 bits per heavy atom. The first-order valence-electron chi connectivity index (χ1n) is 6.27. The van der Waals surface area contributed by atoms with Gasteiger partial charge in [-0.3, -0.25) is 10.1 Å². The van der Waals surface area contributed by atoms with Crippen LogP contribution in [0.1, 0.15) is 38.8 Å². The van der Waals surface area contributed by atoms with Gasteiger partial charge in [-0.15, -0.1) is 0 Å². The molecule has 3 nitrogen and oxygen atoms in total. The maximum Gasteiger partial charge on any atom is 0.236 e. The van der Waals surface area contributed by atoms with Gasteiger partial charge >= 0.3 is 0 Å². The summed E-state index contributed by atoms with van der Waals surface area (Å²) in [5.41, 5.74) is 1.23. The van der Waals surface area contributed by atoms with E-state index in [1.165, 1.54) is 5.56 Å². The maximum absolute atomic E-state index is 11.7. The highest BCUT2D eigenvalue weighted by atomic mass is 16.2. The fourth-order valence-corrected chi connectivity index (χ4v) is 1.84. The van der Waals surface area contributed by atoms with Crippen LogP contribution in [0.15, 0.2) is 30.3 Å². The minimum atomic E-state index is -0.167. The summed E-state index contributed by atoms with van der Waals surface area (Å²) in [4.78, 5) is 11.7. The molecule has 2 unspecified atom stereocenters. The van der Waals surface area contributed by atoms with Crippen LogP contribution in [-0.2, 0) is 4.79 Å². The van der Waals surface area contributed by atoms with Crippen molar-refractivity contribution in [2.24, 2.45) is 0 Å². The van der Waals surface area contributed by atoms with Crippen LogP contribution < -0.4 is 10.6 Å². The average molecular weight is 234 g/mol. The first-order chi connectivity index (χ1) is 8.19. The van der Waals surface area contributed by atoms with Crippen molar-refractivity contribution in [1.82, 2.24) is 10.6 Å². The SMILES string of the molecule is CCNC(=O)C(C)NC(CC)c1ccccc1. The van der Waals surface area contributed by atoms with E-state index in [9.17, 15) is 4.79 Å². The van der Waals surface area contributed by atoms with Crippen LogP contribution in [0.5, 0.6) is 0 Å². The Labute approximate surface area is 104 Å². The lowest BCUT2D eigenvalue weighted by molar-refractivity contribution is -0.122. The molecule has 0 aliphatic rings. The highest BCUT2D eigenvalue weighted by molar-refractivity contribution is 5.81. The first kappa shape index (κ1) is 13.7. The molecule has 2 atom stereocenters. The Balaban J connectivity index is 2.61. The number of rotatable bonds is 6. The minimum absolute atomic E-state index is 0.0573. The number of hydrogen-bond donors (Lipinski definition) is 2. The monoisotopic (exact) mass is 234 g/mol. The van der Waals surface area contributed by atoms with Gasteiger partial charge in [0.2, 0.25) is 5.91 Å². The number of carbonyl (C=O) groups excluding carboxylic acids is 1. The summed E-state index contributed by atoms with van der Waals surface area (Å²) in [6.07, 6.45) is 0.966. The molecule has 3 heteroatoms. The molecular formula is C14H22N2O. The molecule has 1 aromatic rings. The van der Waals surface area contributed by atoms with Crippen molar-refractivity contribution in [2.75, 3.05) is 6.54 Å². The van der Waals surface area contributed by atoms with Gasteiger partial charge in [-0.2, -0.15) is 0 Å². The van der Waals surface area contributed by atoms with Crippen molar-refractivity contribution >= 4 is 5.91 Å². The molecule has 0 spiro atoms. The van der Waals surface area contributed by atoms with Crippen molar-refractivity contribution in [2.45, 2.75) is 39.3 Å². The van der Waals surface area contributed by atoms with Crippen LogP contribution in [0.2, 0.25) is 0 Å². The number of likely N-dealkylation sites (N-methyl/N-ethyl adjacent to an activating group) is 1. The summed E-state index contributed by atoms with van der Waals surface area (Å²) >= 11 is 0. The topological polar surface area (TPSA) is 41.1 Å². The van der Waals surface area contributed by atoms with Gasteiger partial charge in [0.05, 0.1) is 6.04 Å². The van der Waals surface area contributed by atoms with Crippen LogP contribution in [0.4, 0.5) is 0 Å². The lowest BCUT2D eigenvalue weighted by Gasteiger charge is -2.22. The molecule has 0 bridgehead atoms. The molecule has 0 saturated carbocycles. The summed E-state index contributed by atoms with van der Waals surface area (Å²) in [5, 5.41) is 6.18. The molecule has 0 aliphatic carbocycles. The second-order valence-electron chi connectivity index (χ2n) is 4.15. The zero-order valence-electron chi connectivity index (χ0n) is 10.9. The predicted molar refractivity (Wildman–Crippen MR) is 70.8 cm³/mol. The van der Waals surface area contributed by atoms with E-state index >= 15 is 0 Å². The molecule has 2 N–H and O–H groups in total. The minimum Gasteiger partial charge on any atom is -0.355 e. The highest BCUT2D eigenvalue weighted by Gasteiger charge is 2.16. The molecule has 1 aromatic carbocycles. The lowest BCUT2D eigenvalue weighted by Crippen LogP contribution is -2.43. The number of benzene rings is 1. The van der Waals surface area contributed by atoms with Gasteiger partial charge < -0.3 is 5.32 Å². The number of carbonyl (C=O) groups is 1. The third-order valence-corrected chi connectivity index (χ3v) is 2.81. The Bertz CT molecular complexity index is 337. The van der Waals surface area contributed by atoms with E-state index in [0.29, 0.717) is 6.54 Å². The fraction of sp³-hybridized carbons (Fsp3) is 0.500. The molecule has 0 fully saturated rings. The van der Waals surface area contributed by atoms with Gasteiger partial charge in [0.1, 0.15) is 0 Å². The summed E-state index contributed by atoms with van der Waals surface area (Å²) in [7, 11) is 0. The van der Waals surface area contributed by atoms with E-state index in [2.05, 4.69) is 29.7 Å². The average Bonchev–Trinajstić information content (AvgIpc) is 2.37. The van der Waals surface area contributed by atoms with Crippen LogP contribution in [0.25, 0.3) is 0 Å². The van der Waals surface area contributed by atoms with E-state index in [-0.39, 0.29) is 18.0 Å². The number of hydrogen-bond acceptors (Lipinski definition) is 2. The standard InChI is InChI=1S/C14H22N2O/c1-4-13(12-9-7-6-8-10-12)16-11(3)14(17)15-5-2/h6-11,13,16H,4-5H2,1-3H3,(H,15,17). The molecule has 0 saturated heterocycles. The van der Waals surface area contributed by atoms with Crippen molar-refractivity contribution in [3.63, 3.8) is 0 Å². The number of amides is 1. The first-order valence-corrected chi connectivity index (χ1v) is 6.27. The van der Waals surface area contributed by atoms with Crippen LogP contribution in [0.3, 0.4) is 0 Å². The smallest absolute Gasteiger partial charge is 0.236 e. The highest BCUT2D eigenvalue weighted by Crippen LogP contribution is 2.16. The molecule has 0 aromatic heterocycles. The normalized spacial score (nSPS) is 14.1. The predicted octanol–water partition coefficient (Wildman–Crippen LogP) is 2.25. The molecule has 0 aliphatic heterocycles. The molecular weight excluding hydrogens is 212 g/mol. The largest absolute Gasteiger partial charge is 0.355 e. The molecule has 0 radical (unpaired) electrons. The van der Waals surface area contributed by atoms with E-state index in [4.69, 9.17) is 0 Å². The summed E-state index contributed by atoms with van der Waals surface area (Å²) in [6.45, 7) is 6.62. The molecule has 1 rings (SSSR count). The van der Waals surface area contributed by atoms with E-state index in [1.807, 2.05) is 32.0 Å². The summed E-state index contributed by atoms with van der Waals surface area (Å²) < 4.78 is 0. The van der Waals surface area contributed by atoms with Gasteiger partial charge in [-0.25, -0.2) is 0 Å². The Morgan fingerprint density at radius 3 is 2.41 bits per heavy atom. The summed E-state index contributed by atoms with van der Waals surface area (Å²) in [6, 6.07) is 10.3. The van der Waals surface area contributed by atoms with Crippen molar-refractivity contribution in [3.8, 4) is 0 Å². The van der Waals surface area contributed by atoms with Crippen LogP contribution >= 0.6 is 0 Å². The maximum atomic E-state index is 11.7. The molecule has 17 heavy (non-hydrogen) atoms. The molecule has 94 valence electrons. The quantitative estimate of drug-likeness (QED) is 0.792. The molecule has 1 amide bonds. The third-order valence-electron chi connectivity index (χ3n) is 2.81. The van der Waals surface area contributed by atoms with E-state index in [1.54, 1.807) is 0 Å². The zero-order valence-corrected chi connectivity index (χ0v) is 10.9. The summed E-state index contributed by atoms with van der Waals surface area (Å²) in [5.74, 6) is 0.0573.